The summed E-state index contributed by atoms with van der Waals surface area (Å²) in [4.78, 5) is 15.3. The number of amides is 1. The molecule has 1 aromatic carbocycles. The minimum atomic E-state index is 0.0452. The van der Waals surface area contributed by atoms with Crippen molar-refractivity contribution in [1.29, 1.82) is 0 Å². The van der Waals surface area contributed by atoms with Gasteiger partial charge in [0, 0.05) is 38.7 Å². The Morgan fingerprint density at radius 1 is 1.33 bits per heavy atom. The number of hydrogen-bond donors (Lipinski definition) is 1. The highest BCUT2D eigenvalue weighted by atomic mass is 35.5. The van der Waals surface area contributed by atoms with Gasteiger partial charge in [-0.1, -0.05) is 25.4 Å². The lowest BCUT2D eigenvalue weighted by atomic mass is 10.2. The zero-order chi connectivity index (χ0) is 15.1. The molecule has 1 aliphatic rings. The van der Waals surface area contributed by atoms with Crippen molar-refractivity contribution in [3.63, 3.8) is 0 Å². The summed E-state index contributed by atoms with van der Waals surface area (Å²) in [5, 5.41) is 2.50. The smallest absolute Gasteiger partial charge is 0.266 e. The van der Waals surface area contributed by atoms with E-state index in [2.05, 4.69) is 13.8 Å². The first-order chi connectivity index (χ1) is 9.95. The molecule has 0 saturated carbocycles. The maximum Gasteiger partial charge on any atom is 0.266 e. The second-order valence-electron chi connectivity index (χ2n) is 5.45. The number of thiophene rings is 1. The molecule has 0 radical (unpaired) electrons. The van der Waals surface area contributed by atoms with Gasteiger partial charge < -0.3 is 10.6 Å². The third kappa shape index (κ3) is 2.87. The van der Waals surface area contributed by atoms with Crippen molar-refractivity contribution < 1.29 is 4.79 Å². The van der Waals surface area contributed by atoms with Crippen LogP contribution >= 0.6 is 34.7 Å². The Morgan fingerprint density at radius 3 is 2.67 bits per heavy atom. The Hall–Kier alpha value is -0.910. The molecule has 6 heteroatoms. The van der Waals surface area contributed by atoms with E-state index in [0.29, 0.717) is 26.1 Å². The minimum Gasteiger partial charge on any atom is -0.397 e. The summed E-state index contributed by atoms with van der Waals surface area (Å²) in [6, 6.07) is 5.56. The van der Waals surface area contributed by atoms with Crippen molar-refractivity contribution in [3.05, 3.63) is 28.1 Å². The molecule has 3 nitrogen and oxygen atoms in total. The third-order valence-electron chi connectivity index (χ3n) is 3.59. The molecule has 2 N–H and O–H groups in total. The number of thioether (sulfide) groups is 1. The Balaban J connectivity index is 1.96. The summed E-state index contributed by atoms with van der Waals surface area (Å²) < 4.78 is 0.968. The number of carbonyl (C=O) groups excluding carboxylic acids is 1. The zero-order valence-corrected chi connectivity index (χ0v) is 14.3. The van der Waals surface area contributed by atoms with E-state index >= 15 is 0 Å². The van der Waals surface area contributed by atoms with Gasteiger partial charge in [0.2, 0.25) is 0 Å². The average Bonchev–Trinajstić information content (AvgIpc) is 2.73. The summed E-state index contributed by atoms with van der Waals surface area (Å²) in [5.41, 5.74) is 6.76. The number of anilines is 1. The second kappa shape index (κ2) is 5.71. The van der Waals surface area contributed by atoms with E-state index in [9.17, 15) is 4.79 Å². The number of hydrogen-bond acceptors (Lipinski definition) is 4. The van der Waals surface area contributed by atoms with Crippen LogP contribution < -0.4 is 5.73 Å². The normalized spacial score (nSPS) is 22.7. The number of nitrogens with two attached hydrogens (primary N) is 1. The SMILES string of the molecule is CC1CN(C(=O)c2sc3cc(Cl)ccc3c2N)CC(C)S1. The minimum absolute atomic E-state index is 0.0452. The van der Waals surface area contributed by atoms with Gasteiger partial charge in [-0.3, -0.25) is 4.79 Å². The predicted octanol–water partition coefficient (Wildman–Crippen LogP) is 4.10. The van der Waals surface area contributed by atoms with Crippen LogP contribution in [0.3, 0.4) is 0 Å². The van der Waals surface area contributed by atoms with Crippen molar-refractivity contribution >= 4 is 56.4 Å². The Labute approximate surface area is 137 Å². The lowest BCUT2D eigenvalue weighted by Gasteiger charge is -2.34. The van der Waals surface area contributed by atoms with Gasteiger partial charge in [-0.25, -0.2) is 0 Å². The van der Waals surface area contributed by atoms with Crippen LogP contribution in [0.1, 0.15) is 23.5 Å². The van der Waals surface area contributed by atoms with Crippen LogP contribution in [0.25, 0.3) is 10.1 Å². The van der Waals surface area contributed by atoms with Crippen molar-refractivity contribution in [3.8, 4) is 0 Å². The number of rotatable bonds is 1. The monoisotopic (exact) mass is 340 g/mol. The first-order valence-corrected chi connectivity index (χ1v) is 9.01. The molecule has 2 aromatic rings. The van der Waals surface area contributed by atoms with Gasteiger partial charge in [0.25, 0.3) is 5.91 Å². The van der Waals surface area contributed by atoms with Crippen molar-refractivity contribution in [2.45, 2.75) is 24.3 Å². The summed E-state index contributed by atoms with van der Waals surface area (Å²) in [7, 11) is 0. The number of carbonyl (C=O) groups is 1. The van der Waals surface area contributed by atoms with Crippen LogP contribution in [-0.2, 0) is 0 Å². The molecule has 0 spiro atoms. The van der Waals surface area contributed by atoms with Crippen LogP contribution in [0, 0.1) is 0 Å². The zero-order valence-electron chi connectivity index (χ0n) is 11.9. The second-order valence-corrected chi connectivity index (χ2v) is 8.82. The van der Waals surface area contributed by atoms with Gasteiger partial charge in [0.05, 0.1) is 5.69 Å². The number of halogens is 1. The largest absolute Gasteiger partial charge is 0.397 e. The lowest BCUT2D eigenvalue weighted by Crippen LogP contribution is -2.43. The molecule has 112 valence electrons. The van der Waals surface area contributed by atoms with Crippen LogP contribution in [0.2, 0.25) is 5.02 Å². The fraction of sp³-hybridized carbons (Fsp3) is 0.400. The maximum atomic E-state index is 12.8. The van der Waals surface area contributed by atoms with Gasteiger partial charge in [-0.2, -0.15) is 11.8 Å². The Bertz CT molecular complexity index is 690. The van der Waals surface area contributed by atoms with E-state index in [1.807, 2.05) is 34.9 Å². The van der Waals surface area contributed by atoms with E-state index in [1.165, 1.54) is 11.3 Å². The lowest BCUT2D eigenvalue weighted by molar-refractivity contribution is 0.0759. The molecule has 0 aliphatic carbocycles. The highest BCUT2D eigenvalue weighted by Crippen LogP contribution is 2.37. The quantitative estimate of drug-likeness (QED) is 0.850. The molecule has 2 heterocycles. The number of nitrogen functional groups attached to an aromatic ring is 1. The molecule has 2 atom stereocenters. The first kappa shape index (κ1) is 15.0. The third-order valence-corrected chi connectivity index (χ3v) is 6.21. The van der Waals surface area contributed by atoms with Crippen LogP contribution in [0.4, 0.5) is 5.69 Å². The van der Waals surface area contributed by atoms with E-state index < -0.39 is 0 Å². The predicted molar refractivity (Wildman–Crippen MR) is 93.7 cm³/mol. The molecule has 1 saturated heterocycles. The number of nitrogens with zero attached hydrogens (tertiary/aromatic N) is 1. The summed E-state index contributed by atoms with van der Waals surface area (Å²) in [6.45, 7) is 5.88. The van der Waals surface area contributed by atoms with Crippen molar-refractivity contribution in [2.24, 2.45) is 0 Å². The van der Waals surface area contributed by atoms with Gasteiger partial charge in [-0.05, 0) is 18.2 Å². The molecule has 3 rings (SSSR count). The Morgan fingerprint density at radius 2 is 2.00 bits per heavy atom. The average molecular weight is 341 g/mol. The standard InChI is InChI=1S/C15H17ClN2OS2/c1-8-6-18(7-9(2)20-8)15(19)14-13(17)11-4-3-10(16)5-12(11)21-14/h3-5,8-9H,6-7,17H2,1-2H3. The van der Waals surface area contributed by atoms with Crippen LogP contribution in [0.5, 0.6) is 0 Å². The van der Waals surface area contributed by atoms with Crippen molar-refractivity contribution in [2.75, 3.05) is 18.8 Å². The van der Waals surface area contributed by atoms with E-state index in [-0.39, 0.29) is 5.91 Å². The molecule has 1 amide bonds. The molecule has 1 fully saturated rings. The van der Waals surface area contributed by atoms with Gasteiger partial charge >= 0.3 is 0 Å². The fourth-order valence-corrected chi connectivity index (χ4v) is 5.43. The van der Waals surface area contributed by atoms with E-state index in [0.717, 1.165) is 23.2 Å². The molecule has 1 aromatic heterocycles. The summed E-state index contributed by atoms with van der Waals surface area (Å²) >= 11 is 9.38. The number of benzene rings is 1. The summed E-state index contributed by atoms with van der Waals surface area (Å²) in [6.07, 6.45) is 0. The topological polar surface area (TPSA) is 46.3 Å². The van der Waals surface area contributed by atoms with Crippen LogP contribution in [-0.4, -0.2) is 34.4 Å². The van der Waals surface area contributed by atoms with E-state index in [1.54, 1.807) is 0 Å². The van der Waals surface area contributed by atoms with Crippen molar-refractivity contribution in [1.82, 2.24) is 4.90 Å². The summed E-state index contributed by atoms with van der Waals surface area (Å²) in [5.74, 6) is 0.0452. The number of fused-ring (bicyclic) bond motifs is 1. The highest BCUT2D eigenvalue weighted by Gasteiger charge is 2.29. The fourth-order valence-electron chi connectivity index (χ4n) is 2.74. The molecule has 1 aliphatic heterocycles. The van der Waals surface area contributed by atoms with Gasteiger partial charge in [0.15, 0.2) is 0 Å². The first-order valence-electron chi connectivity index (χ1n) is 6.88. The molecule has 21 heavy (non-hydrogen) atoms. The highest BCUT2D eigenvalue weighted by molar-refractivity contribution is 8.00. The van der Waals surface area contributed by atoms with Crippen LogP contribution in [0.15, 0.2) is 18.2 Å². The van der Waals surface area contributed by atoms with E-state index in [4.69, 9.17) is 17.3 Å². The molecular formula is C15H17ClN2OS2. The van der Waals surface area contributed by atoms with Gasteiger partial charge in [0.1, 0.15) is 4.88 Å². The maximum absolute atomic E-state index is 12.8. The van der Waals surface area contributed by atoms with Gasteiger partial charge in [-0.15, -0.1) is 11.3 Å². The molecule has 2 unspecified atom stereocenters. The molecular weight excluding hydrogens is 324 g/mol. The molecule has 0 bridgehead atoms. The Kier molecular flexibility index (Phi) is 4.08.